The van der Waals surface area contributed by atoms with Crippen LogP contribution in [0.1, 0.15) is 20.3 Å². The number of anilines is 2. The van der Waals surface area contributed by atoms with Gasteiger partial charge in [0.15, 0.2) is 0 Å². The lowest BCUT2D eigenvalue weighted by Crippen LogP contribution is -2.54. The van der Waals surface area contributed by atoms with Gasteiger partial charge in [0, 0.05) is 21.5 Å². The molecule has 11 heteroatoms. The van der Waals surface area contributed by atoms with Gasteiger partial charge in [0.1, 0.15) is 17.5 Å². The predicted octanol–water partition coefficient (Wildman–Crippen LogP) is 3.52. The van der Waals surface area contributed by atoms with Gasteiger partial charge in [-0.25, -0.2) is 0 Å². The number of hydrogen-bond donors (Lipinski definition) is 3. The van der Waals surface area contributed by atoms with Crippen molar-refractivity contribution in [1.29, 1.82) is 0 Å². The summed E-state index contributed by atoms with van der Waals surface area (Å²) in [5.41, 5.74) is 1.18. The molecule has 2 aromatic rings. The van der Waals surface area contributed by atoms with Crippen molar-refractivity contribution < 1.29 is 29.0 Å². The van der Waals surface area contributed by atoms with E-state index in [4.69, 9.17) is 9.47 Å². The Labute approximate surface area is 240 Å². The van der Waals surface area contributed by atoms with Crippen LogP contribution < -0.4 is 20.1 Å². The van der Waals surface area contributed by atoms with Crippen molar-refractivity contribution in [3.63, 3.8) is 0 Å². The number of methoxy groups -OCH3 is 1. The summed E-state index contributed by atoms with van der Waals surface area (Å²) in [7, 11) is 1.57. The first-order valence-electron chi connectivity index (χ1n) is 13.0. The maximum atomic E-state index is 14.0. The molecule has 208 valence electrons. The third kappa shape index (κ3) is 4.78. The van der Waals surface area contributed by atoms with Crippen LogP contribution in [0.3, 0.4) is 0 Å². The zero-order valence-corrected chi connectivity index (χ0v) is 24.3. The SMILES string of the molecule is CCOc1ccc(NC(=O)[C@H]2[C@@H]3SC4(CC3Br)C(C(=O)Nc3ccc(OC)cc3)N([C@H](C)CO)C(=O)[C@H]24)cc1. The second-order valence-electron chi connectivity index (χ2n) is 10.1. The summed E-state index contributed by atoms with van der Waals surface area (Å²) in [5, 5.41) is 15.8. The number of aliphatic hydroxyl groups is 1. The number of amides is 3. The van der Waals surface area contributed by atoms with E-state index < -0.39 is 28.7 Å². The second-order valence-corrected chi connectivity index (χ2v) is 12.8. The molecule has 3 unspecified atom stereocenters. The molecule has 0 aliphatic carbocycles. The molecule has 1 spiro atoms. The summed E-state index contributed by atoms with van der Waals surface area (Å²) >= 11 is 5.31. The standard InChI is InChI=1S/C28H32BrN3O6S/c1-4-38-19-11-7-16(8-12-19)30-25(34)21-22-27(36)32(15(2)14-33)24(28(22)13-20(29)23(21)39-28)26(35)31-17-5-9-18(37-3)10-6-17/h5-12,15,20-24,33H,4,13-14H2,1-3H3,(H,30,34)(H,31,35)/t15-,20?,21-,22+,23-,24?,28?/m1/s1. The van der Waals surface area contributed by atoms with Gasteiger partial charge in [-0.3, -0.25) is 14.4 Å². The highest BCUT2D eigenvalue weighted by atomic mass is 79.9. The number of benzene rings is 2. The number of halogens is 1. The average Bonchev–Trinajstić information content (AvgIpc) is 3.53. The Morgan fingerprint density at radius 3 is 2.26 bits per heavy atom. The van der Waals surface area contributed by atoms with E-state index in [9.17, 15) is 19.5 Å². The first-order chi connectivity index (χ1) is 18.7. The van der Waals surface area contributed by atoms with Crippen molar-refractivity contribution >= 4 is 56.8 Å². The fraction of sp³-hybridized carbons (Fsp3) is 0.464. The minimum absolute atomic E-state index is 0.0525. The van der Waals surface area contributed by atoms with E-state index in [1.54, 1.807) is 74.3 Å². The lowest BCUT2D eigenvalue weighted by atomic mass is 9.70. The van der Waals surface area contributed by atoms with Gasteiger partial charge >= 0.3 is 0 Å². The molecule has 3 fully saturated rings. The highest BCUT2D eigenvalue weighted by Crippen LogP contribution is 2.68. The van der Waals surface area contributed by atoms with Gasteiger partial charge in [0.25, 0.3) is 0 Å². The van der Waals surface area contributed by atoms with Gasteiger partial charge in [0.2, 0.25) is 17.7 Å². The molecule has 9 nitrogen and oxygen atoms in total. The fourth-order valence-electron chi connectivity index (χ4n) is 6.14. The lowest BCUT2D eigenvalue weighted by molar-refractivity contribution is -0.140. The molecule has 7 atom stereocenters. The zero-order chi connectivity index (χ0) is 27.9. The van der Waals surface area contributed by atoms with Crippen LogP contribution in [-0.4, -0.2) is 75.0 Å². The number of nitrogens with one attached hydrogen (secondary N) is 2. The Balaban J connectivity index is 1.45. The maximum absolute atomic E-state index is 14.0. The third-order valence-electron chi connectivity index (χ3n) is 7.81. The lowest BCUT2D eigenvalue weighted by Gasteiger charge is -2.36. The number of alkyl halides is 1. The summed E-state index contributed by atoms with van der Waals surface area (Å²) in [6, 6.07) is 12.6. The van der Waals surface area contributed by atoms with Gasteiger partial charge in [-0.15, -0.1) is 11.8 Å². The zero-order valence-electron chi connectivity index (χ0n) is 21.9. The van der Waals surface area contributed by atoms with Crippen LogP contribution >= 0.6 is 27.7 Å². The van der Waals surface area contributed by atoms with Crippen LogP contribution in [0.2, 0.25) is 0 Å². The first-order valence-corrected chi connectivity index (χ1v) is 14.8. The van der Waals surface area contributed by atoms with Crippen molar-refractivity contribution in [2.24, 2.45) is 11.8 Å². The minimum atomic E-state index is -0.849. The molecule has 3 heterocycles. The molecule has 0 aromatic heterocycles. The highest BCUT2D eigenvalue weighted by Gasteiger charge is 2.76. The van der Waals surface area contributed by atoms with Crippen molar-refractivity contribution in [2.75, 3.05) is 31.0 Å². The largest absolute Gasteiger partial charge is 0.497 e. The number of rotatable bonds is 9. The van der Waals surface area contributed by atoms with Gasteiger partial charge < -0.3 is 30.1 Å². The molecular weight excluding hydrogens is 586 g/mol. The number of ether oxygens (including phenoxy) is 2. The molecule has 3 amide bonds. The summed E-state index contributed by atoms with van der Waals surface area (Å²) in [5.74, 6) is -0.829. The van der Waals surface area contributed by atoms with Crippen LogP contribution in [0.4, 0.5) is 11.4 Å². The van der Waals surface area contributed by atoms with Crippen molar-refractivity contribution in [3.8, 4) is 11.5 Å². The van der Waals surface area contributed by atoms with E-state index in [2.05, 4.69) is 26.6 Å². The first kappa shape index (κ1) is 27.8. The summed E-state index contributed by atoms with van der Waals surface area (Å²) in [4.78, 5) is 43.0. The van der Waals surface area contributed by atoms with Crippen LogP contribution in [-0.2, 0) is 14.4 Å². The molecule has 0 saturated carbocycles. The van der Waals surface area contributed by atoms with Crippen molar-refractivity contribution in [3.05, 3.63) is 48.5 Å². The van der Waals surface area contributed by atoms with Crippen LogP contribution in [0.5, 0.6) is 11.5 Å². The predicted molar refractivity (Wildman–Crippen MR) is 153 cm³/mol. The smallest absolute Gasteiger partial charge is 0.248 e. The summed E-state index contributed by atoms with van der Waals surface area (Å²) in [6.07, 6.45) is 0.556. The van der Waals surface area contributed by atoms with Crippen LogP contribution in [0.25, 0.3) is 0 Å². The normalized spacial score (nSPS) is 29.6. The van der Waals surface area contributed by atoms with Crippen molar-refractivity contribution in [1.82, 2.24) is 4.90 Å². The van der Waals surface area contributed by atoms with E-state index >= 15 is 0 Å². The van der Waals surface area contributed by atoms with Crippen LogP contribution in [0.15, 0.2) is 48.5 Å². The molecule has 3 aliphatic rings. The van der Waals surface area contributed by atoms with Gasteiger partial charge in [0.05, 0.1) is 42.9 Å². The monoisotopic (exact) mass is 617 g/mol. The number of aliphatic hydroxyl groups excluding tert-OH is 1. The molecule has 3 N–H and O–H groups in total. The molecular formula is C28H32BrN3O6S. The van der Waals surface area contributed by atoms with E-state index in [-0.39, 0.29) is 34.4 Å². The molecule has 2 bridgehead atoms. The molecule has 39 heavy (non-hydrogen) atoms. The number of thioether (sulfide) groups is 1. The Morgan fingerprint density at radius 2 is 1.69 bits per heavy atom. The Bertz CT molecular complexity index is 1240. The highest BCUT2D eigenvalue weighted by molar-refractivity contribution is 9.09. The second kappa shape index (κ2) is 11.0. The number of fused-ring (bicyclic) bond motifs is 1. The Hall–Kier alpha value is -2.76. The average molecular weight is 619 g/mol. The molecule has 5 rings (SSSR count). The number of likely N-dealkylation sites (tertiary alicyclic amines) is 1. The van der Waals surface area contributed by atoms with Gasteiger partial charge in [-0.05, 0) is 68.8 Å². The number of nitrogens with zero attached hydrogens (tertiary/aromatic N) is 1. The van der Waals surface area contributed by atoms with Crippen molar-refractivity contribution in [2.45, 2.75) is 47.2 Å². The topological polar surface area (TPSA) is 117 Å². The van der Waals surface area contributed by atoms with E-state index in [0.717, 1.165) is 0 Å². The minimum Gasteiger partial charge on any atom is -0.497 e. The van der Waals surface area contributed by atoms with Gasteiger partial charge in [-0.1, -0.05) is 15.9 Å². The quantitative estimate of drug-likeness (QED) is 0.369. The summed E-state index contributed by atoms with van der Waals surface area (Å²) in [6.45, 7) is 3.87. The van der Waals surface area contributed by atoms with E-state index in [1.165, 1.54) is 4.90 Å². The number of hydrogen-bond acceptors (Lipinski definition) is 7. The fourth-order valence-corrected chi connectivity index (χ4v) is 9.74. The number of carbonyl (C=O) groups excluding carboxylic acids is 3. The van der Waals surface area contributed by atoms with E-state index in [1.807, 2.05) is 6.92 Å². The molecule has 2 aromatic carbocycles. The molecule has 3 saturated heterocycles. The van der Waals surface area contributed by atoms with Gasteiger partial charge in [-0.2, -0.15) is 0 Å². The maximum Gasteiger partial charge on any atom is 0.248 e. The molecule has 3 aliphatic heterocycles. The summed E-state index contributed by atoms with van der Waals surface area (Å²) < 4.78 is 9.88. The third-order valence-corrected chi connectivity index (χ3v) is 11.0. The number of carbonyl (C=O) groups is 3. The molecule has 0 radical (unpaired) electrons. The van der Waals surface area contributed by atoms with Crippen LogP contribution in [0, 0.1) is 11.8 Å². The Kier molecular flexibility index (Phi) is 7.85. The van der Waals surface area contributed by atoms with E-state index in [0.29, 0.717) is 35.9 Å². The Morgan fingerprint density at radius 1 is 1.10 bits per heavy atom.